The van der Waals surface area contributed by atoms with Crippen LogP contribution in [0.2, 0.25) is 0 Å². The number of amides is 1. The van der Waals surface area contributed by atoms with Crippen molar-refractivity contribution in [1.29, 1.82) is 0 Å². The van der Waals surface area contributed by atoms with Gasteiger partial charge in [-0.05, 0) is 42.8 Å². The molecule has 1 amide bonds. The van der Waals surface area contributed by atoms with Gasteiger partial charge in [0.25, 0.3) is 5.91 Å². The largest absolute Gasteiger partial charge is 0.494 e. The van der Waals surface area contributed by atoms with Crippen molar-refractivity contribution < 1.29 is 28.6 Å². The Labute approximate surface area is 139 Å². The third-order valence-corrected chi connectivity index (χ3v) is 3.00. The highest BCUT2D eigenvalue weighted by atomic mass is 16.5. The monoisotopic (exact) mass is 333 g/mol. The van der Waals surface area contributed by atoms with Gasteiger partial charge in [-0.15, -0.1) is 0 Å². The van der Waals surface area contributed by atoms with E-state index in [1.165, 1.54) is 12.1 Å². The van der Waals surface area contributed by atoms with Gasteiger partial charge in [0.2, 0.25) is 5.76 Å². The van der Waals surface area contributed by atoms with Gasteiger partial charge in [-0.2, -0.15) is 0 Å². The molecule has 1 heterocycles. The van der Waals surface area contributed by atoms with E-state index in [4.69, 9.17) is 19.0 Å². The molecule has 0 aliphatic carbocycles. The van der Waals surface area contributed by atoms with E-state index in [2.05, 4.69) is 5.32 Å². The predicted molar refractivity (Wildman–Crippen MR) is 85.2 cm³/mol. The quantitative estimate of drug-likeness (QED) is 0.731. The zero-order valence-corrected chi connectivity index (χ0v) is 13.3. The molecule has 0 aliphatic heterocycles. The number of aromatic carboxylic acids is 1. The molecule has 7 heteroatoms. The lowest BCUT2D eigenvalue weighted by Crippen LogP contribution is -2.28. The molecule has 0 saturated heterocycles. The van der Waals surface area contributed by atoms with Gasteiger partial charge in [0.1, 0.15) is 17.3 Å². The second-order valence-corrected chi connectivity index (χ2v) is 4.96. The summed E-state index contributed by atoms with van der Waals surface area (Å²) in [5, 5.41) is 11.3. The third-order valence-electron chi connectivity index (χ3n) is 3.00. The van der Waals surface area contributed by atoms with Crippen LogP contribution in [0.1, 0.15) is 29.7 Å². The van der Waals surface area contributed by atoms with E-state index in [-0.39, 0.29) is 24.8 Å². The van der Waals surface area contributed by atoms with Gasteiger partial charge in [-0.1, -0.05) is 6.92 Å². The molecule has 0 bridgehead atoms. The number of ether oxygens (including phenoxy) is 2. The average Bonchev–Trinajstić information content (AvgIpc) is 3.06. The normalized spacial score (nSPS) is 10.2. The Morgan fingerprint density at radius 1 is 1.08 bits per heavy atom. The van der Waals surface area contributed by atoms with Gasteiger partial charge in [-0.25, -0.2) is 4.79 Å². The van der Waals surface area contributed by atoms with Crippen molar-refractivity contribution in [3.05, 3.63) is 47.9 Å². The number of carbonyl (C=O) groups excluding carboxylic acids is 1. The van der Waals surface area contributed by atoms with Crippen LogP contribution < -0.4 is 14.8 Å². The first-order chi connectivity index (χ1) is 11.6. The van der Waals surface area contributed by atoms with Gasteiger partial charge < -0.3 is 24.3 Å². The second kappa shape index (κ2) is 8.61. The van der Waals surface area contributed by atoms with E-state index in [1.54, 1.807) is 24.3 Å². The molecule has 0 saturated carbocycles. The summed E-state index contributed by atoms with van der Waals surface area (Å²) in [5.74, 6) is 0.0109. The zero-order chi connectivity index (χ0) is 17.4. The van der Waals surface area contributed by atoms with Gasteiger partial charge in [0, 0.05) is 0 Å². The summed E-state index contributed by atoms with van der Waals surface area (Å²) < 4.78 is 15.9. The average molecular weight is 333 g/mol. The van der Waals surface area contributed by atoms with Crippen LogP contribution in [-0.4, -0.2) is 30.2 Å². The maximum absolute atomic E-state index is 11.7. The molecule has 0 fully saturated rings. The van der Waals surface area contributed by atoms with Crippen molar-refractivity contribution in [3.63, 3.8) is 0 Å². The summed E-state index contributed by atoms with van der Waals surface area (Å²) in [6, 6.07) is 9.84. The van der Waals surface area contributed by atoms with Gasteiger partial charge in [0.15, 0.2) is 6.61 Å². The molecular weight excluding hydrogens is 314 g/mol. The van der Waals surface area contributed by atoms with Crippen LogP contribution in [0.15, 0.2) is 40.8 Å². The minimum Gasteiger partial charge on any atom is -0.494 e. The Hall–Kier alpha value is -2.96. The van der Waals surface area contributed by atoms with Crippen LogP contribution in [0.4, 0.5) is 0 Å². The number of carbonyl (C=O) groups is 2. The van der Waals surface area contributed by atoms with Gasteiger partial charge in [-0.3, -0.25) is 4.79 Å². The van der Waals surface area contributed by atoms with E-state index < -0.39 is 5.97 Å². The van der Waals surface area contributed by atoms with Crippen LogP contribution in [0.25, 0.3) is 0 Å². The fourth-order valence-electron chi connectivity index (χ4n) is 1.83. The Kier molecular flexibility index (Phi) is 6.24. The van der Waals surface area contributed by atoms with Crippen molar-refractivity contribution in [1.82, 2.24) is 5.32 Å². The van der Waals surface area contributed by atoms with Crippen LogP contribution in [-0.2, 0) is 11.3 Å². The molecule has 2 aromatic rings. The molecule has 7 nitrogen and oxygen atoms in total. The third kappa shape index (κ3) is 5.35. The fraction of sp³-hybridized carbons (Fsp3) is 0.294. The topological polar surface area (TPSA) is 98.0 Å². The summed E-state index contributed by atoms with van der Waals surface area (Å²) in [6.07, 6.45) is 0.933. The molecule has 24 heavy (non-hydrogen) atoms. The van der Waals surface area contributed by atoms with E-state index >= 15 is 0 Å². The first kappa shape index (κ1) is 17.4. The first-order valence-corrected chi connectivity index (χ1v) is 7.53. The molecule has 0 radical (unpaired) electrons. The summed E-state index contributed by atoms with van der Waals surface area (Å²) in [6.45, 7) is 2.63. The Bertz CT molecular complexity index is 677. The van der Waals surface area contributed by atoms with Crippen LogP contribution in [0, 0.1) is 0 Å². The summed E-state index contributed by atoms with van der Waals surface area (Å²) in [7, 11) is 0. The lowest BCUT2D eigenvalue weighted by molar-refractivity contribution is -0.123. The molecule has 2 rings (SSSR count). The van der Waals surface area contributed by atoms with Crippen molar-refractivity contribution in [2.75, 3.05) is 13.2 Å². The van der Waals surface area contributed by atoms with Crippen molar-refractivity contribution in [2.45, 2.75) is 19.9 Å². The van der Waals surface area contributed by atoms with Crippen LogP contribution >= 0.6 is 0 Å². The summed E-state index contributed by atoms with van der Waals surface area (Å²) in [4.78, 5) is 22.4. The molecular formula is C17H19NO6. The number of carboxylic acid groups (broad SMARTS) is 1. The maximum atomic E-state index is 11.7. The van der Waals surface area contributed by atoms with Crippen molar-refractivity contribution in [3.8, 4) is 11.5 Å². The van der Waals surface area contributed by atoms with Gasteiger partial charge >= 0.3 is 5.97 Å². The standard InChI is InChI=1S/C17H19NO6/c1-2-9-22-12-3-5-13(6-4-12)23-11-16(19)18-10-14-7-8-15(24-14)17(20)21/h3-8H,2,9-11H2,1H3,(H,18,19)(H,20,21). The lowest BCUT2D eigenvalue weighted by atomic mass is 10.3. The molecule has 1 aromatic heterocycles. The Morgan fingerprint density at radius 2 is 1.75 bits per heavy atom. The van der Waals surface area contributed by atoms with E-state index in [1.807, 2.05) is 6.92 Å². The first-order valence-electron chi connectivity index (χ1n) is 7.53. The van der Waals surface area contributed by atoms with Crippen LogP contribution in [0.5, 0.6) is 11.5 Å². The highest BCUT2D eigenvalue weighted by molar-refractivity contribution is 5.84. The number of hydrogen-bond donors (Lipinski definition) is 2. The molecule has 128 valence electrons. The van der Waals surface area contributed by atoms with Gasteiger partial charge in [0.05, 0.1) is 13.2 Å². The lowest BCUT2D eigenvalue weighted by Gasteiger charge is -2.08. The SMILES string of the molecule is CCCOc1ccc(OCC(=O)NCc2ccc(C(=O)O)o2)cc1. The zero-order valence-electron chi connectivity index (χ0n) is 13.3. The number of furan rings is 1. The number of hydrogen-bond acceptors (Lipinski definition) is 5. The highest BCUT2D eigenvalue weighted by Gasteiger charge is 2.10. The minimum absolute atomic E-state index is 0.0965. The molecule has 0 unspecified atom stereocenters. The smallest absolute Gasteiger partial charge is 0.371 e. The molecule has 0 atom stereocenters. The minimum atomic E-state index is -1.15. The summed E-state index contributed by atoms with van der Waals surface area (Å²) >= 11 is 0. The molecule has 0 spiro atoms. The van der Waals surface area contributed by atoms with E-state index in [0.717, 1.165) is 12.2 Å². The highest BCUT2D eigenvalue weighted by Crippen LogP contribution is 2.17. The van der Waals surface area contributed by atoms with E-state index in [0.29, 0.717) is 18.1 Å². The van der Waals surface area contributed by atoms with E-state index in [9.17, 15) is 9.59 Å². The Morgan fingerprint density at radius 3 is 2.33 bits per heavy atom. The second-order valence-electron chi connectivity index (χ2n) is 4.96. The number of benzene rings is 1. The number of carboxylic acids is 1. The molecule has 0 aliphatic rings. The molecule has 2 N–H and O–H groups in total. The predicted octanol–water partition coefficient (Wildman–Crippen LogP) is 2.46. The maximum Gasteiger partial charge on any atom is 0.371 e. The fourth-order valence-corrected chi connectivity index (χ4v) is 1.83. The van der Waals surface area contributed by atoms with Crippen LogP contribution in [0.3, 0.4) is 0 Å². The number of rotatable bonds is 9. The summed E-state index contributed by atoms with van der Waals surface area (Å²) in [5.41, 5.74) is 0. The van der Waals surface area contributed by atoms with Crippen molar-refractivity contribution in [2.24, 2.45) is 0 Å². The molecule has 1 aromatic carbocycles. The Balaban J connectivity index is 1.73. The van der Waals surface area contributed by atoms with Crippen molar-refractivity contribution >= 4 is 11.9 Å². The number of nitrogens with one attached hydrogen (secondary N) is 1.